The number of nitrogens with one attached hydrogen (secondary N) is 1. The molecule has 1 rings (SSSR count). The van der Waals surface area contributed by atoms with E-state index in [0.717, 1.165) is 12.0 Å². The molecule has 0 aliphatic heterocycles. The number of benzene rings is 1. The van der Waals surface area contributed by atoms with Crippen LogP contribution in [0.15, 0.2) is 24.3 Å². The molecule has 0 saturated carbocycles. The Morgan fingerprint density at radius 3 is 2.63 bits per heavy atom. The highest BCUT2D eigenvalue weighted by atomic mass is 16.5. The number of hydrogen-bond donors (Lipinski definition) is 2. The highest BCUT2D eigenvalue weighted by Gasteiger charge is 2.12. The average Bonchev–Trinajstić information content (AvgIpc) is 2.44. The minimum Gasteiger partial charge on any atom is -0.483 e. The number of rotatable bonds is 7. The van der Waals surface area contributed by atoms with Gasteiger partial charge < -0.3 is 15.2 Å². The second-order valence-electron chi connectivity index (χ2n) is 4.63. The van der Waals surface area contributed by atoms with E-state index < -0.39 is 6.10 Å². The second-order valence-corrected chi connectivity index (χ2v) is 4.63. The molecule has 0 fully saturated rings. The predicted octanol–water partition coefficient (Wildman–Crippen LogP) is 2.42. The molecule has 4 nitrogen and oxygen atoms in total. The van der Waals surface area contributed by atoms with E-state index in [1.807, 2.05) is 39.0 Å². The van der Waals surface area contributed by atoms with Crippen LogP contribution in [0, 0.1) is 0 Å². The third kappa shape index (κ3) is 4.91. The van der Waals surface area contributed by atoms with E-state index in [1.165, 1.54) is 0 Å². The first-order valence-corrected chi connectivity index (χ1v) is 6.77. The molecule has 0 aliphatic rings. The number of aliphatic hydroxyl groups is 1. The fraction of sp³-hybridized carbons (Fsp3) is 0.533. The van der Waals surface area contributed by atoms with Crippen LogP contribution in [0.2, 0.25) is 0 Å². The van der Waals surface area contributed by atoms with Gasteiger partial charge in [0.2, 0.25) is 0 Å². The van der Waals surface area contributed by atoms with Crippen LogP contribution in [0.3, 0.4) is 0 Å². The largest absolute Gasteiger partial charge is 0.483 e. The topological polar surface area (TPSA) is 58.6 Å². The van der Waals surface area contributed by atoms with Crippen molar-refractivity contribution in [1.29, 1.82) is 0 Å². The summed E-state index contributed by atoms with van der Waals surface area (Å²) in [6.45, 7) is 5.83. The quantitative estimate of drug-likeness (QED) is 0.796. The Bertz CT molecular complexity index is 406. The van der Waals surface area contributed by atoms with Crippen molar-refractivity contribution in [3.63, 3.8) is 0 Å². The summed E-state index contributed by atoms with van der Waals surface area (Å²) in [6.07, 6.45) is 0.935. The van der Waals surface area contributed by atoms with E-state index in [4.69, 9.17) is 4.74 Å². The van der Waals surface area contributed by atoms with Crippen LogP contribution in [0.4, 0.5) is 0 Å². The van der Waals surface area contributed by atoms with Crippen molar-refractivity contribution < 1.29 is 14.6 Å². The van der Waals surface area contributed by atoms with E-state index in [2.05, 4.69) is 5.32 Å². The van der Waals surface area contributed by atoms with Crippen molar-refractivity contribution in [2.24, 2.45) is 0 Å². The summed E-state index contributed by atoms with van der Waals surface area (Å²) in [6, 6.07) is 7.40. The summed E-state index contributed by atoms with van der Waals surface area (Å²) in [5, 5.41) is 12.7. The van der Waals surface area contributed by atoms with E-state index in [9.17, 15) is 9.90 Å². The van der Waals surface area contributed by atoms with Gasteiger partial charge in [0.1, 0.15) is 5.75 Å². The molecule has 0 aliphatic carbocycles. The highest BCUT2D eigenvalue weighted by Crippen LogP contribution is 2.26. The number of aliphatic hydroxyl groups excluding tert-OH is 1. The summed E-state index contributed by atoms with van der Waals surface area (Å²) in [5.41, 5.74) is 0.723. The Labute approximate surface area is 114 Å². The molecule has 0 saturated heterocycles. The molecular weight excluding hydrogens is 242 g/mol. The maximum absolute atomic E-state index is 11.6. The van der Waals surface area contributed by atoms with Crippen LogP contribution in [-0.4, -0.2) is 23.7 Å². The number of hydrogen-bond acceptors (Lipinski definition) is 3. The number of carbonyl (C=O) groups is 1. The normalized spacial score (nSPS) is 13.7. The summed E-state index contributed by atoms with van der Waals surface area (Å²) < 4.78 is 5.50. The molecule has 4 heteroatoms. The SMILES string of the molecule is CCC(C)NC(=O)COc1ccccc1[C@@H](O)CC. The number of para-hydroxylation sites is 1. The predicted molar refractivity (Wildman–Crippen MR) is 75.1 cm³/mol. The molecule has 19 heavy (non-hydrogen) atoms. The van der Waals surface area contributed by atoms with Gasteiger partial charge in [-0.3, -0.25) is 4.79 Å². The zero-order valence-electron chi connectivity index (χ0n) is 11.8. The monoisotopic (exact) mass is 265 g/mol. The Kier molecular flexibility index (Phi) is 6.36. The summed E-state index contributed by atoms with van der Waals surface area (Å²) in [5.74, 6) is 0.422. The van der Waals surface area contributed by atoms with Gasteiger partial charge in [-0.15, -0.1) is 0 Å². The molecule has 0 aromatic heterocycles. The van der Waals surface area contributed by atoms with Crippen LogP contribution >= 0.6 is 0 Å². The third-order valence-corrected chi connectivity index (χ3v) is 3.04. The van der Waals surface area contributed by atoms with E-state index >= 15 is 0 Å². The van der Waals surface area contributed by atoms with Crippen molar-refractivity contribution >= 4 is 5.91 Å². The van der Waals surface area contributed by atoms with Gasteiger partial charge in [0.15, 0.2) is 6.61 Å². The molecule has 0 spiro atoms. The van der Waals surface area contributed by atoms with Crippen LogP contribution in [0.25, 0.3) is 0 Å². The van der Waals surface area contributed by atoms with Gasteiger partial charge in [-0.25, -0.2) is 0 Å². The van der Waals surface area contributed by atoms with Crippen LogP contribution in [-0.2, 0) is 4.79 Å². The van der Waals surface area contributed by atoms with Crippen LogP contribution < -0.4 is 10.1 Å². The first-order chi connectivity index (χ1) is 9.08. The smallest absolute Gasteiger partial charge is 0.258 e. The molecule has 0 radical (unpaired) electrons. The van der Waals surface area contributed by atoms with E-state index in [0.29, 0.717) is 12.2 Å². The zero-order chi connectivity index (χ0) is 14.3. The summed E-state index contributed by atoms with van der Waals surface area (Å²) in [4.78, 5) is 11.6. The second kappa shape index (κ2) is 7.79. The first kappa shape index (κ1) is 15.5. The fourth-order valence-corrected chi connectivity index (χ4v) is 1.67. The molecule has 2 atom stereocenters. The van der Waals surface area contributed by atoms with Crippen molar-refractivity contribution in [2.75, 3.05) is 6.61 Å². The Balaban J connectivity index is 2.60. The van der Waals surface area contributed by atoms with Crippen LogP contribution in [0.1, 0.15) is 45.3 Å². The summed E-state index contributed by atoms with van der Waals surface area (Å²) in [7, 11) is 0. The Morgan fingerprint density at radius 2 is 2.00 bits per heavy atom. The molecule has 1 unspecified atom stereocenters. The average molecular weight is 265 g/mol. The first-order valence-electron chi connectivity index (χ1n) is 6.77. The number of ether oxygens (including phenoxy) is 1. The van der Waals surface area contributed by atoms with Crippen molar-refractivity contribution in [3.8, 4) is 5.75 Å². The maximum atomic E-state index is 11.6. The highest BCUT2D eigenvalue weighted by molar-refractivity contribution is 5.77. The number of amides is 1. The van der Waals surface area contributed by atoms with Crippen molar-refractivity contribution in [3.05, 3.63) is 29.8 Å². The Hall–Kier alpha value is -1.55. The molecule has 106 valence electrons. The molecule has 0 heterocycles. The summed E-state index contributed by atoms with van der Waals surface area (Å²) >= 11 is 0. The molecule has 1 aromatic rings. The lowest BCUT2D eigenvalue weighted by molar-refractivity contribution is -0.123. The molecule has 0 bridgehead atoms. The van der Waals surface area contributed by atoms with Gasteiger partial charge in [0.05, 0.1) is 6.10 Å². The zero-order valence-corrected chi connectivity index (χ0v) is 11.8. The standard InChI is InChI=1S/C15H23NO3/c1-4-11(3)16-15(18)10-19-14-9-7-6-8-12(14)13(17)5-2/h6-9,11,13,17H,4-5,10H2,1-3H3,(H,16,18)/t11?,13-/m0/s1. The third-order valence-electron chi connectivity index (χ3n) is 3.04. The lowest BCUT2D eigenvalue weighted by atomic mass is 10.1. The van der Waals surface area contributed by atoms with Gasteiger partial charge in [-0.1, -0.05) is 32.0 Å². The van der Waals surface area contributed by atoms with Gasteiger partial charge in [0, 0.05) is 11.6 Å². The maximum Gasteiger partial charge on any atom is 0.258 e. The lowest BCUT2D eigenvalue weighted by Crippen LogP contribution is -2.35. The minimum absolute atomic E-state index is 0.0300. The number of carbonyl (C=O) groups excluding carboxylic acids is 1. The molecule has 2 N–H and O–H groups in total. The van der Waals surface area contributed by atoms with E-state index in [-0.39, 0.29) is 18.6 Å². The molecule has 1 aromatic carbocycles. The lowest BCUT2D eigenvalue weighted by Gasteiger charge is -2.16. The van der Waals surface area contributed by atoms with Gasteiger partial charge in [-0.05, 0) is 25.8 Å². The molecular formula is C15H23NO3. The van der Waals surface area contributed by atoms with Crippen molar-refractivity contribution in [1.82, 2.24) is 5.32 Å². The van der Waals surface area contributed by atoms with E-state index in [1.54, 1.807) is 6.07 Å². The Morgan fingerprint density at radius 1 is 1.32 bits per heavy atom. The van der Waals surface area contributed by atoms with Gasteiger partial charge in [-0.2, -0.15) is 0 Å². The van der Waals surface area contributed by atoms with Crippen molar-refractivity contribution in [2.45, 2.75) is 45.8 Å². The van der Waals surface area contributed by atoms with Gasteiger partial charge in [0.25, 0.3) is 5.91 Å². The molecule has 1 amide bonds. The minimum atomic E-state index is -0.561. The van der Waals surface area contributed by atoms with Crippen LogP contribution in [0.5, 0.6) is 5.75 Å². The fourth-order valence-electron chi connectivity index (χ4n) is 1.67. The van der Waals surface area contributed by atoms with Gasteiger partial charge >= 0.3 is 0 Å².